The molecule has 0 fully saturated rings. The second-order valence-corrected chi connectivity index (χ2v) is 4.51. The van der Waals surface area contributed by atoms with E-state index >= 15 is 0 Å². The van der Waals surface area contributed by atoms with Gasteiger partial charge in [-0.2, -0.15) is 4.39 Å². The van der Waals surface area contributed by atoms with Crippen molar-refractivity contribution < 1.29 is 14.3 Å². The number of aromatic nitrogens is 1. The summed E-state index contributed by atoms with van der Waals surface area (Å²) in [5.74, 6) is -1.09. The Kier molecular flexibility index (Phi) is 4.84. The maximum absolute atomic E-state index is 13.0. The fourth-order valence-corrected chi connectivity index (χ4v) is 1.83. The lowest BCUT2D eigenvalue weighted by Gasteiger charge is -2.18. The minimum absolute atomic E-state index is 0.0720. The number of aliphatic hydroxyl groups is 1. The van der Waals surface area contributed by atoms with E-state index in [0.29, 0.717) is 12.2 Å². The first-order valence-electron chi connectivity index (χ1n) is 6.45. The molecule has 6 heteroatoms. The van der Waals surface area contributed by atoms with Gasteiger partial charge in [0.25, 0.3) is 5.91 Å². The average Bonchev–Trinajstić information content (AvgIpc) is 2.48. The minimum Gasteiger partial charge on any atom is -0.395 e. The van der Waals surface area contributed by atoms with Gasteiger partial charge in [0.15, 0.2) is 0 Å². The zero-order chi connectivity index (χ0) is 15.2. The van der Waals surface area contributed by atoms with E-state index in [2.05, 4.69) is 10.3 Å². The average molecular weight is 289 g/mol. The molecule has 1 amide bonds. The molecule has 110 valence electrons. The van der Waals surface area contributed by atoms with Crippen LogP contribution in [0.1, 0.15) is 10.4 Å². The van der Waals surface area contributed by atoms with Gasteiger partial charge in [-0.05, 0) is 30.3 Å². The minimum atomic E-state index is -0.691. The van der Waals surface area contributed by atoms with Gasteiger partial charge >= 0.3 is 0 Å². The number of halogens is 1. The molecule has 1 heterocycles. The summed E-state index contributed by atoms with van der Waals surface area (Å²) in [4.78, 5) is 17.2. The Morgan fingerprint density at radius 1 is 1.33 bits per heavy atom. The summed E-state index contributed by atoms with van der Waals surface area (Å²) in [5, 5.41) is 11.6. The van der Waals surface area contributed by atoms with E-state index in [9.17, 15) is 9.18 Å². The highest BCUT2D eigenvalue weighted by Crippen LogP contribution is 2.17. The van der Waals surface area contributed by atoms with Crippen molar-refractivity contribution in [2.45, 2.75) is 0 Å². The van der Waals surface area contributed by atoms with Gasteiger partial charge in [0.1, 0.15) is 0 Å². The van der Waals surface area contributed by atoms with Crippen molar-refractivity contribution in [3.8, 4) is 0 Å². The Morgan fingerprint density at radius 3 is 2.67 bits per heavy atom. The Hall–Kier alpha value is -2.47. The molecule has 0 bridgehead atoms. The molecular weight excluding hydrogens is 273 g/mol. The number of hydrogen-bond donors (Lipinski definition) is 2. The molecule has 0 radical (unpaired) electrons. The number of likely N-dealkylation sites (N-methyl/N-ethyl adjacent to an activating group) is 1. The zero-order valence-corrected chi connectivity index (χ0v) is 11.6. The van der Waals surface area contributed by atoms with E-state index in [1.54, 1.807) is 12.1 Å². The van der Waals surface area contributed by atoms with Crippen LogP contribution in [0, 0.1) is 5.95 Å². The van der Waals surface area contributed by atoms with Gasteiger partial charge in [-0.15, -0.1) is 0 Å². The molecule has 0 aliphatic carbocycles. The van der Waals surface area contributed by atoms with Crippen molar-refractivity contribution in [2.24, 2.45) is 0 Å². The maximum atomic E-state index is 13.0. The summed E-state index contributed by atoms with van der Waals surface area (Å²) in [5.41, 5.74) is 1.75. The van der Waals surface area contributed by atoms with Crippen LogP contribution in [-0.4, -0.2) is 36.2 Å². The maximum Gasteiger partial charge on any atom is 0.255 e. The normalized spacial score (nSPS) is 10.2. The van der Waals surface area contributed by atoms with Gasteiger partial charge in [-0.3, -0.25) is 4.79 Å². The summed E-state index contributed by atoms with van der Waals surface area (Å²) in [6, 6.07) is 9.69. The number of rotatable bonds is 5. The fourth-order valence-electron chi connectivity index (χ4n) is 1.83. The summed E-state index contributed by atoms with van der Waals surface area (Å²) in [7, 11) is 1.86. The van der Waals surface area contributed by atoms with Crippen molar-refractivity contribution in [3.05, 3.63) is 54.1 Å². The molecule has 0 saturated carbocycles. The van der Waals surface area contributed by atoms with Crippen LogP contribution in [0.2, 0.25) is 0 Å². The van der Waals surface area contributed by atoms with Crippen molar-refractivity contribution in [3.63, 3.8) is 0 Å². The van der Waals surface area contributed by atoms with Gasteiger partial charge < -0.3 is 15.3 Å². The summed E-state index contributed by atoms with van der Waals surface area (Å²) >= 11 is 0. The van der Waals surface area contributed by atoms with Gasteiger partial charge in [-0.1, -0.05) is 0 Å². The Balaban J connectivity index is 2.05. The molecule has 2 rings (SSSR count). The number of nitrogens with zero attached hydrogens (tertiary/aromatic N) is 2. The molecule has 0 aliphatic heterocycles. The molecule has 0 spiro atoms. The number of anilines is 2. The van der Waals surface area contributed by atoms with Crippen molar-refractivity contribution in [2.75, 3.05) is 30.4 Å². The highest BCUT2D eigenvalue weighted by Gasteiger charge is 2.08. The molecule has 21 heavy (non-hydrogen) atoms. The molecule has 5 nitrogen and oxygen atoms in total. The quantitative estimate of drug-likeness (QED) is 0.825. The predicted octanol–water partition coefficient (Wildman–Crippen LogP) is 1.90. The van der Waals surface area contributed by atoms with E-state index in [1.165, 1.54) is 12.3 Å². The van der Waals surface area contributed by atoms with E-state index in [1.807, 2.05) is 24.1 Å². The lowest BCUT2D eigenvalue weighted by atomic mass is 10.2. The molecular formula is C15H16FN3O2. The number of amides is 1. The van der Waals surface area contributed by atoms with Crippen LogP contribution in [-0.2, 0) is 0 Å². The van der Waals surface area contributed by atoms with Crippen LogP contribution in [0.4, 0.5) is 15.8 Å². The van der Waals surface area contributed by atoms with E-state index in [-0.39, 0.29) is 12.2 Å². The lowest BCUT2D eigenvalue weighted by molar-refractivity contribution is 0.102. The van der Waals surface area contributed by atoms with Crippen LogP contribution in [0.25, 0.3) is 0 Å². The van der Waals surface area contributed by atoms with Crippen LogP contribution < -0.4 is 10.2 Å². The fraction of sp³-hybridized carbons (Fsp3) is 0.200. The standard InChI is InChI=1S/C15H16FN3O2/c1-19(8-9-20)13-4-2-12(3-5-13)18-15(21)11-6-7-17-14(16)10-11/h2-7,10,20H,8-9H2,1H3,(H,18,21). The number of pyridine rings is 1. The van der Waals surface area contributed by atoms with Crippen LogP contribution >= 0.6 is 0 Å². The Morgan fingerprint density at radius 2 is 2.05 bits per heavy atom. The molecule has 0 aliphatic rings. The first-order valence-corrected chi connectivity index (χ1v) is 6.45. The van der Waals surface area contributed by atoms with E-state index in [0.717, 1.165) is 11.8 Å². The molecule has 2 aromatic rings. The summed E-state index contributed by atoms with van der Waals surface area (Å²) < 4.78 is 13.0. The number of aliphatic hydroxyl groups excluding tert-OH is 1. The highest BCUT2D eigenvalue weighted by molar-refractivity contribution is 6.04. The molecule has 1 aromatic carbocycles. The topological polar surface area (TPSA) is 65.5 Å². The molecule has 2 N–H and O–H groups in total. The van der Waals surface area contributed by atoms with Gasteiger partial charge in [-0.25, -0.2) is 4.98 Å². The van der Waals surface area contributed by atoms with Gasteiger partial charge in [0, 0.05) is 42.8 Å². The zero-order valence-electron chi connectivity index (χ0n) is 11.6. The Labute approximate surface area is 122 Å². The van der Waals surface area contributed by atoms with Crippen LogP contribution in [0.15, 0.2) is 42.6 Å². The number of carbonyl (C=O) groups is 1. The van der Waals surface area contributed by atoms with Crippen molar-refractivity contribution in [1.29, 1.82) is 0 Å². The molecule has 0 unspecified atom stereocenters. The number of benzene rings is 1. The van der Waals surface area contributed by atoms with Gasteiger partial charge in [0.2, 0.25) is 5.95 Å². The van der Waals surface area contributed by atoms with Gasteiger partial charge in [0.05, 0.1) is 6.61 Å². The highest BCUT2D eigenvalue weighted by atomic mass is 19.1. The van der Waals surface area contributed by atoms with E-state index < -0.39 is 11.9 Å². The Bertz CT molecular complexity index is 617. The second kappa shape index (κ2) is 6.81. The first kappa shape index (κ1) is 14.9. The van der Waals surface area contributed by atoms with Crippen molar-refractivity contribution in [1.82, 2.24) is 4.98 Å². The smallest absolute Gasteiger partial charge is 0.255 e. The third kappa shape index (κ3) is 4.00. The number of carbonyl (C=O) groups excluding carboxylic acids is 1. The summed E-state index contributed by atoms with van der Waals surface area (Å²) in [6.45, 7) is 0.602. The first-order chi connectivity index (χ1) is 10.1. The molecule has 0 atom stereocenters. The second-order valence-electron chi connectivity index (χ2n) is 4.51. The SMILES string of the molecule is CN(CCO)c1ccc(NC(=O)c2ccnc(F)c2)cc1. The predicted molar refractivity (Wildman–Crippen MR) is 78.9 cm³/mol. The largest absolute Gasteiger partial charge is 0.395 e. The monoisotopic (exact) mass is 289 g/mol. The number of nitrogens with one attached hydrogen (secondary N) is 1. The number of hydrogen-bond acceptors (Lipinski definition) is 4. The lowest BCUT2D eigenvalue weighted by Crippen LogP contribution is -2.21. The van der Waals surface area contributed by atoms with Crippen LogP contribution in [0.3, 0.4) is 0 Å². The van der Waals surface area contributed by atoms with Crippen molar-refractivity contribution >= 4 is 17.3 Å². The summed E-state index contributed by atoms with van der Waals surface area (Å²) in [6.07, 6.45) is 1.25. The molecule has 0 saturated heterocycles. The van der Waals surface area contributed by atoms with Crippen LogP contribution in [0.5, 0.6) is 0 Å². The third-order valence-electron chi connectivity index (χ3n) is 2.99. The molecule has 1 aromatic heterocycles. The van der Waals surface area contributed by atoms with E-state index in [4.69, 9.17) is 5.11 Å². The third-order valence-corrected chi connectivity index (χ3v) is 2.99.